The maximum absolute atomic E-state index is 6.29. The molecule has 4 heteroatoms. The van der Waals surface area contributed by atoms with E-state index >= 15 is 0 Å². The fourth-order valence-electron chi connectivity index (χ4n) is 2.50. The molecular weight excluding hydrogens is 246 g/mol. The van der Waals surface area contributed by atoms with Gasteiger partial charge in [0.1, 0.15) is 0 Å². The highest BCUT2D eigenvalue weighted by atomic mass is 35.5. The molecule has 1 aliphatic carbocycles. The first-order valence-corrected chi connectivity index (χ1v) is 6.87. The van der Waals surface area contributed by atoms with Crippen LogP contribution in [0.15, 0.2) is 29.3 Å². The topological polar surface area (TPSA) is 36.4 Å². The summed E-state index contributed by atoms with van der Waals surface area (Å²) in [5, 5.41) is 7.63. The van der Waals surface area contributed by atoms with Gasteiger partial charge in [0.2, 0.25) is 0 Å². The maximum atomic E-state index is 6.29. The molecule has 0 amide bonds. The van der Waals surface area contributed by atoms with Crippen LogP contribution in [0, 0.1) is 0 Å². The lowest BCUT2D eigenvalue weighted by Crippen LogP contribution is -2.41. The summed E-state index contributed by atoms with van der Waals surface area (Å²) in [6.45, 7) is 3.91. The van der Waals surface area contributed by atoms with Gasteiger partial charge >= 0.3 is 0 Å². The Morgan fingerprint density at radius 2 is 2.22 bits per heavy atom. The van der Waals surface area contributed by atoms with E-state index in [4.69, 9.17) is 11.6 Å². The summed E-state index contributed by atoms with van der Waals surface area (Å²) in [5.74, 6) is 0.931. The Hall–Kier alpha value is -1.22. The van der Waals surface area contributed by atoms with Gasteiger partial charge in [0, 0.05) is 23.0 Å². The average molecular weight is 264 g/mol. The molecule has 1 aromatic carbocycles. The number of nitrogens with zero attached hydrogens (tertiary/aromatic N) is 1. The van der Waals surface area contributed by atoms with Crippen molar-refractivity contribution in [3.05, 3.63) is 34.9 Å². The first-order chi connectivity index (χ1) is 8.70. The Morgan fingerprint density at radius 3 is 2.83 bits per heavy atom. The first kappa shape index (κ1) is 11.8. The molecular formula is C14H18ClN3. The van der Waals surface area contributed by atoms with E-state index in [1.54, 1.807) is 0 Å². The predicted octanol–water partition coefficient (Wildman–Crippen LogP) is 2.31. The molecule has 1 atom stereocenters. The minimum atomic E-state index is 0.217. The van der Waals surface area contributed by atoms with Crippen LogP contribution in [0.5, 0.6) is 0 Å². The van der Waals surface area contributed by atoms with Crippen molar-refractivity contribution in [3.8, 4) is 0 Å². The maximum Gasteiger partial charge on any atom is 0.191 e. The lowest BCUT2D eigenvalue weighted by Gasteiger charge is -2.19. The number of guanidine groups is 1. The number of rotatable bonds is 3. The minimum Gasteiger partial charge on any atom is -0.356 e. The minimum absolute atomic E-state index is 0.217. The van der Waals surface area contributed by atoms with Gasteiger partial charge in [-0.25, -0.2) is 0 Å². The molecule has 96 valence electrons. The zero-order chi connectivity index (χ0) is 12.6. The van der Waals surface area contributed by atoms with Gasteiger partial charge in [-0.05, 0) is 31.4 Å². The molecule has 2 aliphatic rings. The van der Waals surface area contributed by atoms with Crippen molar-refractivity contribution in [1.29, 1.82) is 0 Å². The summed E-state index contributed by atoms with van der Waals surface area (Å²) >= 11 is 6.29. The van der Waals surface area contributed by atoms with Crippen LogP contribution in [0.2, 0.25) is 5.02 Å². The average Bonchev–Trinajstić information content (AvgIpc) is 3.04. The fourth-order valence-corrected chi connectivity index (χ4v) is 2.83. The third-order valence-corrected chi connectivity index (χ3v) is 4.13. The van der Waals surface area contributed by atoms with E-state index in [9.17, 15) is 0 Å². The van der Waals surface area contributed by atoms with Crippen LogP contribution in [-0.4, -0.2) is 25.1 Å². The number of hydrogen-bond donors (Lipinski definition) is 2. The van der Waals surface area contributed by atoms with Crippen LogP contribution in [0.25, 0.3) is 0 Å². The highest BCUT2D eigenvalue weighted by Crippen LogP contribution is 2.49. The van der Waals surface area contributed by atoms with Crippen molar-refractivity contribution >= 4 is 17.6 Å². The van der Waals surface area contributed by atoms with Crippen LogP contribution in [0.3, 0.4) is 0 Å². The van der Waals surface area contributed by atoms with Crippen molar-refractivity contribution in [3.63, 3.8) is 0 Å². The Balaban J connectivity index is 1.68. The third kappa shape index (κ3) is 2.19. The van der Waals surface area contributed by atoms with Crippen molar-refractivity contribution < 1.29 is 0 Å². The zero-order valence-corrected chi connectivity index (χ0v) is 11.3. The van der Waals surface area contributed by atoms with E-state index in [2.05, 4.69) is 34.7 Å². The molecule has 0 bridgehead atoms. The number of halogens is 1. The Labute approximate surface area is 113 Å². The number of benzene rings is 1. The van der Waals surface area contributed by atoms with Crippen LogP contribution >= 0.6 is 11.6 Å². The van der Waals surface area contributed by atoms with Crippen LogP contribution in [0.4, 0.5) is 0 Å². The van der Waals surface area contributed by atoms with E-state index in [1.165, 1.54) is 18.4 Å². The summed E-state index contributed by atoms with van der Waals surface area (Å²) in [6.07, 6.45) is 2.40. The molecule has 18 heavy (non-hydrogen) atoms. The molecule has 0 aromatic heterocycles. The van der Waals surface area contributed by atoms with Crippen molar-refractivity contribution in [2.45, 2.75) is 31.2 Å². The summed E-state index contributed by atoms with van der Waals surface area (Å²) in [7, 11) is 0. The predicted molar refractivity (Wildman–Crippen MR) is 75.3 cm³/mol. The van der Waals surface area contributed by atoms with Gasteiger partial charge in [0.05, 0.1) is 6.54 Å². The number of aliphatic imine (C=N–C) groups is 1. The SMILES string of the molecule is CC1CN=C(NCC2(c3ccccc3Cl)CC2)N1. The smallest absolute Gasteiger partial charge is 0.191 e. The van der Waals surface area contributed by atoms with Crippen molar-refractivity contribution in [1.82, 2.24) is 10.6 Å². The lowest BCUT2D eigenvalue weighted by atomic mass is 9.96. The van der Waals surface area contributed by atoms with Gasteiger partial charge in [-0.2, -0.15) is 0 Å². The van der Waals surface area contributed by atoms with Crippen molar-refractivity contribution in [2.24, 2.45) is 4.99 Å². The molecule has 0 saturated heterocycles. The van der Waals surface area contributed by atoms with E-state index in [0.29, 0.717) is 6.04 Å². The second-order valence-corrected chi connectivity index (χ2v) is 5.76. The number of hydrogen-bond acceptors (Lipinski definition) is 3. The second-order valence-electron chi connectivity index (χ2n) is 5.35. The number of nitrogens with one attached hydrogen (secondary N) is 2. The second kappa shape index (κ2) is 4.47. The normalized spacial score (nSPS) is 24.3. The molecule has 1 aromatic rings. The largest absolute Gasteiger partial charge is 0.356 e. The van der Waals surface area contributed by atoms with E-state index in [0.717, 1.165) is 24.1 Å². The summed E-state index contributed by atoms with van der Waals surface area (Å²) in [6, 6.07) is 8.62. The molecule has 3 rings (SSSR count). The Morgan fingerprint density at radius 1 is 1.44 bits per heavy atom. The molecule has 1 unspecified atom stereocenters. The molecule has 2 N–H and O–H groups in total. The standard InChI is InChI=1S/C14H18ClN3/c1-10-8-16-13(18-10)17-9-14(6-7-14)11-4-2-3-5-12(11)15/h2-5,10H,6-9H2,1H3,(H2,16,17,18). The highest BCUT2D eigenvalue weighted by molar-refractivity contribution is 6.31. The van der Waals surface area contributed by atoms with Crippen LogP contribution in [0.1, 0.15) is 25.3 Å². The van der Waals surface area contributed by atoms with Crippen molar-refractivity contribution in [2.75, 3.05) is 13.1 Å². The van der Waals surface area contributed by atoms with E-state index < -0.39 is 0 Å². The molecule has 3 nitrogen and oxygen atoms in total. The molecule has 1 saturated carbocycles. The first-order valence-electron chi connectivity index (χ1n) is 6.49. The van der Waals surface area contributed by atoms with Crippen LogP contribution < -0.4 is 10.6 Å². The zero-order valence-electron chi connectivity index (χ0n) is 10.5. The van der Waals surface area contributed by atoms with E-state index in [1.807, 2.05) is 12.1 Å². The van der Waals surface area contributed by atoms with Gasteiger partial charge in [-0.1, -0.05) is 29.8 Å². The van der Waals surface area contributed by atoms with Gasteiger partial charge in [-0.3, -0.25) is 4.99 Å². The van der Waals surface area contributed by atoms with Gasteiger partial charge in [0.15, 0.2) is 5.96 Å². The molecule has 0 radical (unpaired) electrons. The van der Waals surface area contributed by atoms with Crippen LogP contribution in [-0.2, 0) is 5.41 Å². The van der Waals surface area contributed by atoms with Gasteiger partial charge in [-0.15, -0.1) is 0 Å². The van der Waals surface area contributed by atoms with Gasteiger partial charge < -0.3 is 10.6 Å². The third-order valence-electron chi connectivity index (χ3n) is 3.80. The lowest BCUT2D eigenvalue weighted by molar-refractivity contribution is 0.644. The highest BCUT2D eigenvalue weighted by Gasteiger charge is 2.45. The monoisotopic (exact) mass is 263 g/mol. The fraction of sp³-hybridized carbons (Fsp3) is 0.500. The quantitative estimate of drug-likeness (QED) is 0.878. The summed E-state index contributed by atoms with van der Waals surface area (Å²) < 4.78 is 0. The molecule has 0 spiro atoms. The summed E-state index contributed by atoms with van der Waals surface area (Å²) in [4.78, 5) is 4.43. The molecule has 1 aliphatic heterocycles. The molecule has 1 heterocycles. The van der Waals surface area contributed by atoms with Gasteiger partial charge in [0.25, 0.3) is 0 Å². The van der Waals surface area contributed by atoms with E-state index in [-0.39, 0.29) is 5.41 Å². The Bertz CT molecular complexity index is 480. The Kier molecular flexibility index (Phi) is 2.94. The molecule has 1 fully saturated rings. The summed E-state index contributed by atoms with van der Waals surface area (Å²) in [5.41, 5.74) is 1.49.